The summed E-state index contributed by atoms with van der Waals surface area (Å²) in [5.74, 6) is -15.8. The second-order valence-corrected chi connectivity index (χ2v) is 27.9. The van der Waals surface area contributed by atoms with Gasteiger partial charge in [-0.1, -0.05) is 97.5 Å². The summed E-state index contributed by atoms with van der Waals surface area (Å²) in [6.45, 7) is 21.2. The number of ether oxygens (including phenoxy) is 6. The molecule has 0 bridgehead atoms. The van der Waals surface area contributed by atoms with Gasteiger partial charge in [0.05, 0.1) is 6.10 Å². The van der Waals surface area contributed by atoms with E-state index >= 15 is 9.59 Å². The van der Waals surface area contributed by atoms with E-state index in [2.05, 4.69) is 38.5 Å². The number of ketones is 1. The average molecular weight is 1510 g/mol. The number of hydrogen-bond acceptors (Lipinski definition) is 22. The molecule has 4 rings (SSSR count). The molecule has 0 spiro atoms. The van der Waals surface area contributed by atoms with Gasteiger partial charge in [-0.3, -0.25) is 62.4 Å². The van der Waals surface area contributed by atoms with Crippen LogP contribution in [0, 0.1) is 29.6 Å². The van der Waals surface area contributed by atoms with E-state index in [1.54, 1.807) is 68.4 Å². The van der Waals surface area contributed by atoms with Crippen LogP contribution in [0.2, 0.25) is 0 Å². The third-order valence-corrected chi connectivity index (χ3v) is 18.7. The summed E-state index contributed by atoms with van der Waals surface area (Å²) in [6.07, 6.45) is -6.54. The van der Waals surface area contributed by atoms with Crippen molar-refractivity contribution in [2.45, 2.75) is 208 Å². The molecule has 2 aliphatic rings. The predicted octanol–water partition coefficient (Wildman–Crippen LogP) is 3.43. The minimum absolute atomic E-state index is 0.0739. The number of nitrogens with two attached hydrogens (primary N) is 1. The molecule has 0 aliphatic carbocycles. The fourth-order valence-corrected chi connectivity index (χ4v) is 11.8. The number of nitrogens with one attached hydrogen (secondary N) is 6. The molecule has 2 aromatic carbocycles. The van der Waals surface area contributed by atoms with Gasteiger partial charge in [0.2, 0.25) is 35.4 Å². The Morgan fingerprint density at radius 3 is 1.92 bits per heavy atom. The van der Waals surface area contributed by atoms with Crippen LogP contribution in [0.25, 0.3) is 0 Å². The zero-order valence-electron chi connectivity index (χ0n) is 64.4. The standard InChI is InChI=1S/C75H107N11O22/c1-18-53(88)38-54(63(41(4)5)108-75(102)104-39-50-26-29-52(30-27-50)80-67(94)51(25-22-35-77-74(76)101)28-31-55(40(2)3)81-57(89)34-36-86-58(90)32-33-59(86)91)71(98)107-64(42(6)7)61-70(97)85(16)62(47(12)103-17)73(100)105-46(11)60(79-48(13)87)72(99)106-56(37-49-23-20-19-21-24-49)69(96)84(15)44(9)65(92)78-43(8)68(95)83(14)45(10)66(93)82-61/h19-21,23-24,26-27,29-30,32-33,40-43,45-47,51,54-56,60-64H,9,18,22,25,28,31,34-39H2,1-8,10-17H3,(H,78,92)(H,79,87)(H,80,94)(H,81,89)(H,82,93)(H3,76,77,101)/t43-,45-,46+,47+,51+,54-,55+,56+,60-,61-,62-,63+,64+/m0/s1. The van der Waals surface area contributed by atoms with Gasteiger partial charge in [0, 0.05) is 104 Å². The number of hydrogen-bond donors (Lipinski definition) is 7. The number of esters is 3. The molecule has 1 fully saturated rings. The second-order valence-electron chi connectivity index (χ2n) is 27.9. The van der Waals surface area contributed by atoms with Gasteiger partial charge in [0.15, 0.2) is 18.2 Å². The maximum atomic E-state index is 15.5. The summed E-state index contributed by atoms with van der Waals surface area (Å²) in [6, 6.07) is 4.86. The minimum Gasteiger partial charge on any atom is -0.459 e. The van der Waals surface area contributed by atoms with Crippen LogP contribution in [-0.2, 0) is 109 Å². The van der Waals surface area contributed by atoms with Gasteiger partial charge >= 0.3 is 30.1 Å². The summed E-state index contributed by atoms with van der Waals surface area (Å²) in [7, 11) is 4.74. The lowest BCUT2D eigenvalue weighted by Crippen LogP contribution is -2.63. The van der Waals surface area contributed by atoms with Crippen molar-refractivity contribution >= 4 is 101 Å². The van der Waals surface area contributed by atoms with E-state index in [4.69, 9.17) is 34.2 Å². The number of methoxy groups -OCH3 is 1. The number of likely N-dealkylation sites (N-methyl/N-ethyl adjacent to an activating group) is 3. The molecule has 13 atom stereocenters. The van der Waals surface area contributed by atoms with Crippen LogP contribution in [0.3, 0.4) is 0 Å². The normalized spacial score (nSPS) is 21.3. The lowest BCUT2D eigenvalue weighted by Gasteiger charge is -2.38. The fourth-order valence-electron chi connectivity index (χ4n) is 11.8. The number of cyclic esters (lactones) is 2. The Bertz CT molecular complexity index is 3590. The van der Waals surface area contributed by atoms with E-state index < -0.39 is 186 Å². The average Bonchev–Trinajstić information content (AvgIpc) is 0.949. The number of benzene rings is 2. The number of amides is 12. The van der Waals surface area contributed by atoms with E-state index in [0.29, 0.717) is 42.5 Å². The molecule has 2 aromatic rings. The zero-order valence-corrected chi connectivity index (χ0v) is 64.4. The van der Waals surface area contributed by atoms with Gasteiger partial charge in [-0.05, 0) is 94.4 Å². The second kappa shape index (κ2) is 42.7. The van der Waals surface area contributed by atoms with Gasteiger partial charge in [-0.2, -0.15) is 0 Å². The number of carbonyl (C=O) groups excluding carboxylic acids is 16. The fraction of sp³-hybridized carbons (Fsp3) is 0.573. The van der Waals surface area contributed by atoms with Crippen molar-refractivity contribution in [2.75, 3.05) is 46.7 Å². The van der Waals surface area contributed by atoms with E-state index in [1.165, 1.54) is 69.7 Å². The third-order valence-electron chi connectivity index (χ3n) is 18.7. The van der Waals surface area contributed by atoms with E-state index in [0.717, 1.165) is 45.7 Å². The highest BCUT2D eigenvalue weighted by Gasteiger charge is 2.47. The molecule has 33 nitrogen and oxygen atoms in total. The smallest absolute Gasteiger partial charge is 0.459 e. The van der Waals surface area contributed by atoms with Gasteiger partial charge < -0.3 is 80.8 Å². The molecule has 0 unspecified atom stereocenters. The van der Waals surface area contributed by atoms with Gasteiger partial charge in [-0.15, -0.1) is 0 Å². The van der Waals surface area contributed by atoms with Crippen molar-refractivity contribution in [3.63, 3.8) is 0 Å². The van der Waals surface area contributed by atoms with Crippen LogP contribution in [0.15, 0.2) is 79.0 Å². The lowest BCUT2D eigenvalue weighted by molar-refractivity contribution is -0.175. The number of nitrogens with zero attached hydrogens (tertiary/aromatic N) is 4. The van der Waals surface area contributed by atoms with E-state index in [9.17, 15) is 67.1 Å². The Morgan fingerprint density at radius 2 is 1.35 bits per heavy atom. The molecular weight excluding hydrogens is 1410 g/mol. The first-order valence-corrected chi connectivity index (χ1v) is 35.9. The Balaban J connectivity index is 1.66. The summed E-state index contributed by atoms with van der Waals surface area (Å²) in [5, 5.41) is 15.8. The summed E-state index contributed by atoms with van der Waals surface area (Å²) in [4.78, 5) is 223. The number of anilines is 1. The highest BCUT2D eigenvalue weighted by Crippen LogP contribution is 2.29. The Labute approximate surface area is 629 Å². The molecule has 594 valence electrons. The van der Waals surface area contributed by atoms with Gasteiger partial charge in [0.25, 0.3) is 23.6 Å². The van der Waals surface area contributed by atoms with Crippen LogP contribution in [0.5, 0.6) is 0 Å². The third kappa shape index (κ3) is 26.7. The first-order valence-electron chi connectivity index (χ1n) is 35.9. The monoisotopic (exact) mass is 1510 g/mol. The quantitative estimate of drug-likeness (QED) is 0.0187. The SMILES string of the molecule is C=C1C(=O)N[C@@H](C)C(=O)N(C)[C@@H](C)C(=O)N[C@@H]([C@H](OC(=O)[C@@H](CC(=O)CC)[C@H](OC(=O)OCc2ccc(NC(=O)[C@H](CCCNC(N)=O)CC[C@@H](NC(=O)CCN3C(=O)C=CC3=O)C(C)C)cc2)C(C)C)C(C)C)C(=O)N(C)[C@@H]([C@@H](C)OC)C(=O)O[C@H](C)[C@H](NC(C)=O)C(=O)O[C@H](Cc2ccccc2)C(=O)N1C. The number of rotatable bonds is 31. The van der Waals surface area contributed by atoms with Crippen molar-refractivity contribution < 1.29 is 105 Å². The zero-order chi connectivity index (χ0) is 81.1. The maximum Gasteiger partial charge on any atom is 0.508 e. The molecule has 1 saturated heterocycles. The molecule has 33 heteroatoms. The molecule has 0 aromatic heterocycles. The number of carbonyl (C=O) groups is 16. The Kier molecular flexibility index (Phi) is 35.5. The number of Topliss-reactive ketones (excluding diaryl/α,β-unsaturated/α-hetero) is 1. The van der Waals surface area contributed by atoms with Crippen LogP contribution in [-0.4, -0.2) is 223 Å². The molecule has 0 radical (unpaired) electrons. The van der Waals surface area contributed by atoms with E-state index in [1.807, 2.05) is 13.8 Å². The van der Waals surface area contributed by atoms with Crippen LogP contribution in [0.1, 0.15) is 139 Å². The topological polar surface area (TPSA) is 440 Å². The molecule has 12 amide bonds. The van der Waals surface area contributed by atoms with Gasteiger partial charge in [-0.25, -0.2) is 19.2 Å². The Hall–Kier alpha value is -10.6. The molecule has 0 saturated carbocycles. The first kappa shape index (κ1) is 89.8. The summed E-state index contributed by atoms with van der Waals surface area (Å²) in [5.41, 5.74) is 6.02. The highest BCUT2D eigenvalue weighted by molar-refractivity contribution is 6.13. The highest BCUT2D eigenvalue weighted by atomic mass is 16.7. The van der Waals surface area contributed by atoms with Crippen LogP contribution >= 0.6 is 0 Å². The van der Waals surface area contributed by atoms with Crippen molar-refractivity contribution in [3.05, 3.63) is 90.2 Å². The molecule has 108 heavy (non-hydrogen) atoms. The number of primary amides is 1. The number of urea groups is 1. The largest absolute Gasteiger partial charge is 0.508 e. The predicted molar refractivity (Wildman–Crippen MR) is 390 cm³/mol. The summed E-state index contributed by atoms with van der Waals surface area (Å²) >= 11 is 0. The van der Waals surface area contributed by atoms with Crippen LogP contribution in [0.4, 0.5) is 15.3 Å². The minimum atomic E-state index is -1.99. The van der Waals surface area contributed by atoms with Crippen molar-refractivity contribution in [2.24, 2.45) is 35.3 Å². The first-order chi connectivity index (χ1) is 50.7. The molecule has 2 heterocycles. The molecular formula is C75H107N11O22. The van der Waals surface area contributed by atoms with E-state index in [-0.39, 0.29) is 56.1 Å². The molecule has 2 aliphatic heterocycles. The lowest BCUT2D eigenvalue weighted by atomic mass is 9.88. The number of imide groups is 1. The maximum absolute atomic E-state index is 15.5. The van der Waals surface area contributed by atoms with Crippen molar-refractivity contribution in [3.8, 4) is 0 Å². The van der Waals surface area contributed by atoms with Crippen LogP contribution < -0.4 is 37.6 Å². The van der Waals surface area contributed by atoms with Gasteiger partial charge in [0.1, 0.15) is 60.4 Å². The van der Waals surface area contributed by atoms with Crippen molar-refractivity contribution in [1.82, 2.24) is 46.2 Å². The Morgan fingerprint density at radius 1 is 0.722 bits per heavy atom. The molecule has 8 N–H and O–H groups in total. The summed E-state index contributed by atoms with van der Waals surface area (Å²) < 4.78 is 34.9. The van der Waals surface area contributed by atoms with Crippen molar-refractivity contribution in [1.29, 1.82) is 0 Å².